The summed E-state index contributed by atoms with van der Waals surface area (Å²) in [7, 11) is 0. The molecule has 2 aromatic rings. The number of aryl methyl sites for hydroxylation is 2. The SMILES string of the molecule is Cc1ccc(C(=O)CCC(=O)OCC(=O)Nc2ccc(Br)cc2C)s1. The van der Waals surface area contributed by atoms with E-state index >= 15 is 0 Å². The van der Waals surface area contributed by atoms with Crippen molar-refractivity contribution in [3.8, 4) is 0 Å². The van der Waals surface area contributed by atoms with Crippen molar-refractivity contribution in [2.75, 3.05) is 11.9 Å². The Morgan fingerprint density at radius 1 is 1.12 bits per heavy atom. The fourth-order valence-electron chi connectivity index (χ4n) is 2.10. The van der Waals surface area contributed by atoms with Crippen LogP contribution in [0.1, 0.15) is 33.0 Å². The van der Waals surface area contributed by atoms with Gasteiger partial charge < -0.3 is 10.1 Å². The van der Waals surface area contributed by atoms with Gasteiger partial charge >= 0.3 is 5.97 Å². The van der Waals surface area contributed by atoms with E-state index < -0.39 is 11.9 Å². The van der Waals surface area contributed by atoms with Gasteiger partial charge in [-0.2, -0.15) is 0 Å². The first kappa shape index (κ1) is 19.3. The zero-order valence-corrected chi connectivity index (χ0v) is 16.3. The number of esters is 1. The van der Waals surface area contributed by atoms with Crippen LogP contribution in [0.2, 0.25) is 0 Å². The van der Waals surface area contributed by atoms with Gasteiger partial charge in [-0.25, -0.2) is 0 Å². The molecule has 0 fully saturated rings. The number of carbonyl (C=O) groups excluding carboxylic acids is 3. The zero-order chi connectivity index (χ0) is 18.4. The summed E-state index contributed by atoms with van der Waals surface area (Å²) in [5.41, 5.74) is 1.55. The molecule has 0 radical (unpaired) electrons. The molecular weight excluding hydrogens is 406 g/mol. The number of hydrogen-bond donors (Lipinski definition) is 1. The van der Waals surface area contributed by atoms with E-state index in [1.807, 2.05) is 32.0 Å². The highest BCUT2D eigenvalue weighted by Crippen LogP contribution is 2.20. The van der Waals surface area contributed by atoms with Crippen molar-refractivity contribution in [2.24, 2.45) is 0 Å². The molecule has 0 bridgehead atoms. The lowest BCUT2D eigenvalue weighted by Crippen LogP contribution is -2.21. The van der Waals surface area contributed by atoms with E-state index in [2.05, 4.69) is 21.2 Å². The van der Waals surface area contributed by atoms with E-state index in [4.69, 9.17) is 4.74 Å². The molecule has 0 spiro atoms. The van der Waals surface area contributed by atoms with E-state index in [0.717, 1.165) is 14.9 Å². The number of benzene rings is 1. The smallest absolute Gasteiger partial charge is 0.306 e. The first-order valence-corrected chi connectivity index (χ1v) is 9.27. The molecule has 25 heavy (non-hydrogen) atoms. The fourth-order valence-corrected chi connectivity index (χ4v) is 3.41. The normalized spacial score (nSPS) is 10.4. The molecule has 1 N–H and O–H groups in total. The van der Waals surface area contributed by atoms with Crippen LogP contribution in [0.4, 0.5) is 5.69 Å². The van der Waals surface area contributed by atoms with Crippen LogP contribution in [0.5, 0.6) is 0 Å². The molecule has 1 aromatic heterocycles. The number of Topliss-reactive ketones (excluding diaryl/α,β-unsaturated/α-hetero) is 1. The van der Waals surface area contributed by atoms with Crippen molar-refractivity contribution in [2.45, 2.75) is 26.7 Å². The highest BCUT2D eigenvalue weighted by Gasteiger charge is 2.13. The van der Waals surface area contributed by atoms with Crippen LogP contribution in [0, 0.1) is 13.8 Å². The van der Waals surface area contributed by atoms with E-state index in [-0.39, 0.29) is 25.2 Å². The largest absolute Gasteiger partial charge is 0.456 e. The number of carbonyl (C=O) groups is 3. The monoisotopic (exact) mass is 423 g/mol. The Bertz CT molecular complexity index is 800. The van der Waals surface area contributed by atoms with Gasteiger partial charge in [0.15, 0.2) is 12.4 Å². The van der Waals surface area contributed by atoms with E-state index in [1.165, 1.54) is 11.3 Å². The standard InChI is InChI=1S/C18H18BrNO4S/c1-11-9-13(19)4-5-14(11)20-17(22)10-24-18(23)8-6-15(21)16-7-3-12(2)25-16/h3-5,7,9H,6,8,10H2,1-2H3,(H,20,22). The second-order valence-corrected chi connectivity index (χ2v) is 7.71. The van der Waals surface area contributed by atoms with Gasteiger partial charge in [-0.15, -0.1) is 11.3 Å². The topological polar surface area (TPSA) is 72.5 Å². The van der Waals surface area contributed by atoms with Crippen LogP contribution in [0.3, 0.4) is 0 Å². The Morgan fingerprint density at radius 3 is 2.52 bits per heavy atom. The van der Waals surface area contributed by atoms with E-state index in [1.54, 1.807) is 12.1 Å². The quantitative estimate of drug-likeness (QED) is 0.532. The molecule has 132 valence electrons. The molecule has 0 atom stereocenters. The van der Waals surface area contributed by atoms with E-state index in [0.29, 0.717) is 10.6 Å². The molecular formula is C18H18BrNO4S. The Hall–Kier alpha value is -1.99. The number of rotatable bonds is 7. The summed E-state index contributed by atoms with van der Waals surface area (Å²) in [6.45, 7) is 3.41. The van der Waals surface area contributed by atoms with Crippen molar-refractivity contribution in [1.29, 1.82) is 0 Å². The van der Waals surface area contributed by atoms with Crippen LogP contribution < -0.4 is 5.32 Å². The lowest BCUT2D eigenvalue weighted by Gasteiger charge is -2.09. The average molecular weight is 424 g/mol. The van der Waals surface area contributed by atoms with Crippen LogP contribution in [0.15, 0.2) is 34.8 Å². The number of ketones is 1. The third-order valence-electron chi connectivity index (χ3n) is 3.40. The van der Waals surface area contributed by atoms with Gasteiger partial charge in [-0.05, 0) is 49.7 Å². The molecule has 0 unspecified atom stereocenters. The summed E-state index contributed by atoms with van der Waals surface area (Å²) in [4.78, 5) is 37.2. The van der Waals surface area contributed by atoms with Gasteiger partial charge in [-0.3, -0.25) is 14.4 Å². The summed E-state index contributed by atoms with van der Waals surface area (Å²) in [6.07, 6.45) is 0.0343. The zero-order valence-electron chi connectivity index (χ0n) is 13.9. The van der Waals surface area contributed by atoms with Crippen LogP contribution in [-0.2, 0) is 14.3 Å². The molecule has 0 saturated heterocycles. The molecule has 1 heterocycles. The van der Waals surface area contributed by atoms with Crippen molar-refractivity contribution in [3.63, 3.8) is 0 Å². The van der Waals surface area contributed by atoms with Crippen molar-refractivity contribution in [3.05, 3.63) is 50.1 Å². The minimum atomic E-state index is -0.565. The third kappa shape index (κ3) is 6.10. The summed E-state index contributed by atoms with van der Waals surface area (Å²) in [5.74, 6) is -1.08. The first-order chi connectivity index (χ1) is 11.8. The number of amides is 1. The lowest BCUT2D eigenvalue weighted by atomic mass is 10.2. The predicted molar refractivity (Wildman–Crippen MR) is 101 cm³/mol. The Morgan fingerprint density at radius 2 is 1.88 bits per heavy atom. The number of nitrogens with one attached hydrogen (secondary N) is 1. The van der Waals surface area contributed by atoms with Crippen LogP contribution >= 0.6 is 27.3 Å². The molecule has 1 amide bonds. The predicted octanol–water partition coefficient (Wildman–Crippen LogP) is 4.27. The first-order valence-electron chi connectivity index (χ1n) is 7.66. The summed E-state index contributed by atoms with van der Waals surface area (Å²) in [6, 6.07) is 9.07. The molecule has 7 heteroatoms. The highest BCUT2D eigenvalue weighted by molar-refractivity contribution is 9.10. The maximum absolute atomic E-state index is 11.9. The van der Waals surface area contributed by atoms with Crippen LogP contribution in [0.25, 0.3) is 0 Å². The van der Waals surface area contributed by atoms with Crippen LogP contribution in [-0.4, -0.2) is 24.3 Å². The molecule has 5 nitrogen and oxygen atoms in total. The Kier molecular flexibility index (Phi) is 6.90. The molecule has 1 aromatic carbocycles. The van der Waals surface area contributed by atoms with E-state index in [9.17, 15) is 14.4 Å². The van der Waals surface area contributed by atoms with Crippen molar-refractivity contribution >= 4 is 50.6 Å². The lowest BCUT2D eigenvalue weighted by molar-refractivity contribution is -0.147. The van der Waals surface area contributed by atoms with Gasteiger partial charge in [0.25, 0.3) is 5.91 Å². The number of anilines is 1. The summed E-state index contributed by atoms with van der Waals surface area (Å²) < 4.78 is 5.84. The summed E-state index contributed by atoms with van der Waals surface area (Å²) >= 11 is 4.75. The van der Waals surface area contributed by atoms with Gasteiger partial charge in [0.2, 0.25) is 0 Å². The third-order valence-corrected chi connectivity index (χ3v) is 4.93. The number of ether oxygens (including phenoxy) is 1. The second-order valence-electron chi connectivity index (χ2n) is 5.50. The maximum atomic E-state index is 11.9. The van der Waals surface area contributed by atoms with Gasteiger partial charge in [0.05, 0.1) is 11.3 Å². The number of hydrogen-bond acceptors (Lipinski definition) is 5. The Balaban J connectivity index is 1.74. The molecule has 0 aliphatic rings. The average Bonchev–Trinajstić information content (AvgIpc) is 3.00. The highest BCUT2D eigenvalue weighted by atomic mass is 79.9. The van der Waals surface area contributed by atoms with Gasteiger partial charge in [0.1, 0.15) is 0 Å². The second kappa shape index (κ2) is 8.92. The fraction of sp³-hybridized carbons (Fsp3) is 0.278. The number of halogens is 1. The molecule has 0 aliphatic heterocycles. The van der Waals surface area contributed by atoms with Crippen molar-refractivity contribution < 1.29 is 19.1 Å². The number of thiophene rings is 1. The van der Waals surface area contributed by atoms with Gasteiger partial charge in [-0.1, -0.05) is 15.9 Å². The maximum Gasteiger partial charge on any atom is 0.306 e. The minimum absolute atomic E-state index is 0.0413. The molecule has 0 aliphatic carbocycles. The summed E-state index contributed by atoms with van der Waals surface area (Å²) in [5, 5.41) is 2.68. The van der Waals surface area contributed by atoms with Crippen molar-refractivity contribution in [1.82, 2.24) is 0 Å². The molecule has 0 saturated carbocycles. The minimum Gasteiger partial charge on any atom is -0.456 e. The molecule has 2 rings (SSSR count). The van der Waals surface area contributed by atoms with Gasteiger partial charge in [0, 0.05) is 21.5 Å². The Labute approximate surface area is 158 Å².